The van der Waals surface area contributed by atoms with E-state index in [4.69, 9.17) is 5.73 Å². The summed E-state index contributed by atoms with van der Waals surface area (Å²) in [4.78, 5) is 14.6. The van der Waals surface area contributed by atoms with Crippen molar-refractivity contribution in [3.63, 3.8) is 0 Å². The number of likely N-dealkylation sites (tertiary alicyclic amines) is 1. The molecule has 0 aliphatic carbocycles. The molecule has 1 amide bonds. The number of amides is 1. The van der Waals surface area contributed by atoms with Crippen LogP contribution >= 0.6 is 12.4 Å². The van der Waals surface area contributed by atoms with E-state index in [1.54, 1.807) is 0 Å². The van der Waals surface area contributed by atoms with Crippen LogP contribution in [-0.4, -0.2) is 29.9 Å². The third-order valence-electron chi connectivity index (χ3n) is 3.78. The minimum Gasteiger partial charge on any atom is -0.340 e. The van der Waals surface area contributed by atoms with Crippen molar-refractivity contribution < 1.29 is 4.79 Å². The number of rotatable bonds is 2. The zero-order chi connectivity index (χ0) is 13.2. The van der Waals surface area contributed by atoms with Gasteiger partial charge in [0.05, 0.1) is 5.41 Å². The van der Waals surface area contributed by atoms with Gasteiger partial charge in [0.2, 0.25) is 5.91 Å². The summed E-state index contributed by atoms with van der Waals surface area (Å²) in [6.45, 7) is 5.51. The fraction of sp³-hybridized carbons (Fsp3) is 0.533. The molecule has 2 rings (SSSR count). The van der Waals surface area contributed by atoms with Crippen LogP contribution in [0.4, 0.5) is 0 Å². The van der Waals surface area contributed by atoms with E-state index in [0.29, 0.717) is 6.54 Å². The largest absolute Gasteiger partial charge is 0.340 e. The Bertz CT molecular complexity index is 419. The van der Waals surface area contributed by atoms with Gasteiger partial charge in [0.15, 0.2) is 0 Å². The van der Waals surface area contributed by atoms with Gasteiger partial charge in [-0.05, 0) is 32.3 Å². The Balaban J connectivity index is 0.00000180. The second-order valence-corrected chi connectivity index (χ2v) is 5.64. The molecule has 0 radical (unpaired) electrons. The lowest BCUT2D eigenvalue weighted by molar-refractivity contribution is -0.137. The quantitative estimate of drug-likeness (QED) is 0.905. The molecule has 1 saturated heterocycles. The van der Waals surface area contributed by atoms with Crippen molar-refractivity contribution in [3.8, 4) is 0 Å². The van der Waals surface area contributed by atoms with Crippen LogP contribution in [-0.2, 0) is 10.2 Å². The molecular formula is C15H23ClN2O. The van der Waals surface area contributed by atoms with E-state index < -0.39 is 5.41 Å². The van der Waals surface area contributed by atoms with E-state index in [1.807, 2.05) is 49.1 Å². The van der Waals surface area contributed by atoms with Gasteiger partial charge in [-0.25, -0.2) is 0 Å². The van der Waals surface area contributed by atoms with Crippen LogP contribution in [0.1, 0.15) is 32.3 Å². The van der Waals surface area contributed by atoms with Gasteiger partial charge in [-0.2, -0.15) is 0 Å². The molecule has 2 N–H and O–H groups in total. The van der Waals surface area contributed by atoms with Crippen molar-refractivity contribution in [3.05, 3.63) is 35.9 Å². The molecule has 1 aliphatic heterocycles. The number of carbonyl (C=O) groups excluding carboxylic acids is 1. The Hall–Kier alpha value is -1.06. The number of nitrogens with two attached hydrogens (primary N) is 1. The van der Waals surface area contributed by atoms with Crippen LogP contribution in [0.2, 0.25) is 0 Å². The Labute approximate surface area is 121 Å². The van der Waals surface area contributed by atoms with Gasteiger partial charge in [-0.3, -0.25) is 4.79 Å². The second-order valence-electron chi connectivity index (χ2n) is 5.64. The number of hydrogen-bond acceptors (Lipinski definition) is 2. The number of halogens is 1. The number of nitrogens with zero attached hydrogens (tertiary/aromatic N) is 1. The van der Waals surface area contributed by atoms with Gasteiger partial charge in [-0.1, -0.05) is 30.3 Å². The molecule has 0 spiro atoms. The second kappa shape index (κ2) is 6.40. The van der Waals surface area contributed by atoms with E-state index in [2.05, 4.69) is 0 Å². The molecule has 0 aromatic heterocycles. The molecule has 1 unspecified atom stereocenters. The summed E-state index contributed by atoms with van der Waals surface area (Å²) in [5, 5.41) is 0. The molecule has 1 aromatic carbocycles. The lowest BCUT2D eigenvalue weighted by atomic mass is 9.82. The molecule has 1 atom stereocenters. The van der Waals surface area contributed by atoms with Crippen molar-refractivity contribution in [1.29, 1.82) is 0 Å². The smallest absolute Gasteiger partial charge is 0.232 e. The lowest BCUT2D eigenvalue weighted by Gasteiger charge is -2.36. The van der Waals surface area contributed by atoms with Crippen molar-refractivity contribution in [2.75, 3.05) is 13.1 Å². The Morgan fingerprint density at radius 2 is 1.95 bits per heavy atom. The minimum atomic E-state index is -0.474. The van der Waals surface area contributed by atoms with E-state index in [9.17, 15) is 4.79 Å². The van der Waals surface area contributed by atoms with Gasteiger partial charge in [0, 0.05) is 19.1 Å². The van der Waals surface area contributed by atoms with Crippen LogP contribution in [0.15, 0.2) is 30.3 Å². The summed E-state index contributed by atoms with van der Waals surface area (Å²) in [5.41, 5.74) is 6.54. The molecule has 106 valence electrons. The van der Waals surface area contributed by atoms with E-state index in [0.717, 1.165) is 24.9 Å². The van der Waals surface area contributed by atoms with E-state index >= 15 is 0 Å². The highest BCUT2D eigenvalue weighted by atomic mass is 35.5. The van der Waals surface area contributed by atoms with Crippen molar-refractivity contribution in [1.82, 2.24) is 4.90 Å². The highest BCUT2D eigenvalue weighted by molar-refractivity contribution is 5.87. The van der Waals surface area contributed by atoms with Crippen LogP contribution in [0.25, 0.3) is 0 Å². The van der Waals surface area contributed by atoms with Crippen molar-refractivity contribution >= 4 is 18.3 Å². The average molecular weight is 283 g/mol. The predicted molar refractivity (Wildman–Crippen MR) is 80.5 cm³/mol. The first kappa shape index (κ1) is 16.0. The van der Waals surface area contributed by atoms with Gasteiger partial charge < -0.3 is 10.6 Å². The molecule has 1 aromatic rings. The summed E-state index contributed by atoms with van der Waals surface area (Å²) in [5.74, 6) is 0.184. The Morgan fingerprint density at radius 1 is 1.32 bits per heavy atom. The number of hydrogen-bond donors (Lipinski definition) is 1. The molecule has 0 saturated carbocycles. The average Bonchev–Trinajstić information content (AvgIpc) is 2.39. The SMILES string of the molecule is CC(C)(C(=O)N1CCCC(N)C1)c1ccccc1.Cl. The maximum atomic E-state index is 12.6. The first-order valence-electron chi connectivity index (χ1n) is 6.62. The lowest BCUT2D eigenvalue weighted by Crippen LogP contribution is -2.51. The van der Waals surface area contributed by atoms with Crippen molar-refractivity contribution in [2.24, 2.45) is 5.73 Å². The Morgan fingerprint density at radius 3 is 2.53 bits per heavy atom. The van der Waals surface area contributed by atoms with Crippen LogP contribution in [0.5, 0.6) is 0 Å². The first-order chi connectivity index (χ1) is 8.51. The number of carbonyl (C=O) groups is 1. The molecule has 0 bridgehead atoms. The van der Waals surface area contributed by atoms with Gasteiger partial charge in [-0.15, -0.1) is 12.4 Å². The van der Waals surface area contributed by atoms with Gasteiger partial charge in [0.25, 0.3) is 0 Å². The number of piperidine rings is 1. The zero-order valence-electron chi connectivity index (χ0n) is 11.6. The third-order valence-corrected chi connectivity index (χ3v) is 3.78. The fourth-order valence-electron chi connectivity index (χ4n) is 2.57. The van der Waals surface area contributed by atoms with Crippen molar-refractivity contribution in [2.45, 2.75) is 38.1 Å². The first-order valence-corrected chi connectivity index (χ1v) is 6.62. The van der Waals surface area contributed by atoms with Crippen LogP contribution in [0.3, 0.4) is 0 Å². The molecule has 1 heterocycles. The molecule has 4 heteroatoms. The third kappa shape index (κ3) is 3.48. The maximum absolute atomic E-state index is 12.6. The van der Waals surface area contributed by atoms with Gasteiger partial charge >= 0.3 is 0 Å². The summed E-state index contributed by atoms with van der Waals surface area (Å²) in [6, 6.07) is 10.1. The molecule has 1 fully saturated rings. The monoisotopic (exact) mass is 282 g/mol. The molecule has 19 heavy (non-hydrogen) atoms. The summed E-state index contributed by atoms with van der Waals surface area (Å²) < 4.78 is 0. The predicted octanol–water partition coefficient (Wildman–Crippen LogP) is 2.34. The van der Waals surface area contributed by atoms with E-state index in [1.165, 1.54) is 0 Å². The van der Waals surface area contributed by atoms with E-state index in [-0.39, 0.29) is 24.4 Å². The summed E-state index contributed by atoms with van der Waals surface area (Å²) in [7, 11) is 0. The maximum Gasteiger partial charge on any atom is 0.232 e. The minimum absolute atomic E-state index is 0. The number of benzene rings is 1. The topological polar surface area (TPSA) is 46.3 Å². The summed E-state index contributed by atoms with van der Waals surface area (Å²) >= 11 is 0. The standard InChI is InChI=1S/C15H22N2O.ClH/c1-15(2,12-7-4-3-5-8-12)14(18)17-10-6-9-13(16)11-17;/h3-5,7-8,13H,6,9-11,16H2,1-2H3;1H. The molecule has 1 aliphatic rings. The highest BCUT2D eigenvalue weighted by Crippen LogP contribution is 2.26. The fourth-order valence-corrected chi connectivity index (χ4v) is 2.57. The normalized spacial score (nSPS) is 19.7. The summed E-state index contributed by atoms with van der Waals surface area (Å²) in [6.07, 6.45) is 2.04. The molecular weight excluding hydrogens is 260 g/mol. The van der Waals surface area contributed by atoms with Crippen LogP contribution < -0.4 is 5.73 Å². The van der Waals surface area contributed by atoms with Gasteiger partial charge in [0.1, 0.15) is 0 Å². The van der Waals surface area contributed by atoms with Crippen LogP contribution in [0, 0.1) is 0 Å². The highest BCUT2D eigenvalue weighted by Gasteiger charge is 2.35. The molecule has 3 nitrogen and oxygen atoms in total. The Kier molecular flexibility index (Phi) is 5.39. The zero-order valence-corrected chi connectivity index (χ0v) is 12.5.